The SMILES string of the molecule is Cc1c(OC[C@H](C)N)ccc([C@H](C)N2C[C@@H]3C[C@H]2CN3C(=O)c2ccc(C(F)(F)F)cn2)c1C. The molecule has 2 aliphatic heterocycles. The fourth-order valence-electron chi connectivity index (χ4n) is 5.08. The molecule has 4 atom stereocenters. The van der Waals surface area contributed by atoms with Crippen LogP contribution in [-0.4, -0.2) is 58.5 Å². The van der Waals surface area contributed by atoms with Crippen molar-refractivity contribution < 1.29 is 22.7 Å². The van der Waals surface area contributed by atoms with Crippen LogP contribution in [0.4, 0.5) is 13.2 Å². The second kappa shape index (κ2) is 9.19. The number of amides is 1. The van der Waals surface area contributed by atoms with Crippen molar-refractivity contribution in [3.63, 3.8) is 0 Å². The van der Waals surface area contributed by atoms with Gasteiger partial charge in [-0.1, -0.05) is 6.07 Å². The van der Waals surface area contributed by atoms with E-state index in [0.717, 1.165) is 36.5 Å². The van der Waals surface area contributed by atoms with Crippen LogP contribution >= 0.6 is 0 Å². The van der Waals surface area contributed by atoms with Crippen molar-refractivity contribution in [2.75, 3.05) is 19.7 Å². The minimum Gasteiger partial charge on any atom is -0.492 e. The minimum absolute atomic E-state index is 0.0269. The molecule has 2 saturated heterocycles. The fourth-order valence-corrected chi connectivity index (χ4v) is 5.08. The van der Waals surface area contributed by atoms with E-state index in [2.05, 4.69) is 36.7 Å². The number of aromatic nitrogens is 1. The van der Waals surface area contributed by atoms with Gasteiger partial charge in [0.2, 0.25) is 0 Å². The Morgan fingerprint density at radius 2 is 1.88 bits per heavy atom. The van der Waals surface area contributed by atoms with E-state index >= 15 is 0 Å². The second-order valence-corrected chi connectivity index (χ2v) is 9.49. The van der Waals surface area contributed by atoms with E-state index in [-0.39, 0.29) is 35.8 Å². The summed E-state index contributed by atoms with van der Waals surface area (Å²) in [7, 11) is 0. The molecule has 2 bridgehead atoms. The van der Waals surface area contributed by atoms with E-state index in [0.29, 0.717) is 13.2 Å². The third kappa shape index (κ3) is 4.63. The van der Waals surface area contributed by atoms with Gasteiger partial charge in [0, 0.05) is 43.5 Å². The van der Waals surface area contributed by atoms with Crippen molar-refractivity contribution >= 4 is 5.91 Å². The topological polar surface area (TPSA) is 71.7 Å². The first-order chi connectivity index (χ1) is 16.0. The van der Waals surface area contributed by atoms with Crippen LogP contribution in [0, 0.1) is 13.8 Å². The molecule has 2 aliphatic rings. The van der Waals surface area contributed by atoms with Gasteiger partial charge in [-0.3, -0.25) is 14.7 Å². The third-order valence-corrected chi connectivity index (χ3v) is 7.08. The van der Waals surface area contributed by atoms with Crippen LogP contribution < -0.4 is 10.5 Å². The smallest absolute Gasteiger partial charge is 0.417 e. The first-order valence-electron chi connectivity index (χ1n) is 11.6. The van der Waals surface area contributed by atoms with Crippen LogP contribution in [0.15, 0.2) is 30.5 Å². The average molecular weight is 477 g/mol. The lowest BCUT2D eigenvalue weighted by Crippen LogP contribution is -2.49. The number of halogens is 3. The zero-order valence-electron chi connectivity index (χ0n) is 19.9. The van der Waals surface area contributed by atoms with Crippen molar-refractivity contribution in [1.29, 1.82) is 0 Å². The minimum atomic E-state index is -4.47. The maximum atomic E-state index is 12.9. The molecule has 34 heavy (non-hydrogen) atoms. The number of pyridine rings is 1. The summed E-state index contributed by atoms with van der Waals surface area (Å²) in [6.07, 6.45) is -2.89. The van der Waals surface area contributed by atoms with Crippen molar-refractivity contribution in [2.24, 2.45) is 5.73 Å². The Labute approximate surface area is 197 Å². The third-order valence-electron chi connectivity index (χ3n) is 7.08. The Kier molecular flexibility index (Phi) is 6.61. The Balaban J connectivity index is 1.43. The van der Waals surface area contributed by atoms with E-state index in [4.69, 9.17) is 10.5 Å². The number of likely N-dealkylation sites (tertiary alicyclic amines) is 2. The van der Waals surface area contributed by atoms with Gasteiger partial charge in [-0.15, -0.1) is 0 Å². The van der Waals surface area contributed by atoms with Gasteiger partial charge in [0.1, 0.15) is 18.1 Å². The zero-order valence-corrected chi connectivity index (χ0v) is 19.9. The summed E-state index contributed by atoms with van der Waals surface area (Å²) in [5.74, 6) is 0.533. The number of nitrogens with two attached hydrogens (primary N) is 1. The molecule has 1 amide bonds. The molecule has 4 rings (SSSR count). The summed E-state index contributed by atoms with van der Waals surface area (Å²) in [5, 5.41) is 0. The highest BCUT2D eigenvalue weighted by molar-refractivity contribution is 5.93. The fraction of sp³-hybridized carbons (Fsp3) is 0.520. The Bertz CT molecular complexity index is 1060. The van der Waals surface area contributed by atoms with E-state index in [9.17, 15) is 18.0 Å². The predicted octanol–water partition coefficient (Wildman–Crippen LogP) is 4.10. The van der Waals surface area contributed by atoms with E-state index in [1.54, 1.807) is 4.90 Å². The number of carbonyl (C=O) groups excluding carboxylic acids is 1. The van der Waals surface area contributed by atoms with Gasteiger partial charge < -0.3 is 15.4 Å². The number of ether oxygens (including phenoxy) is 1. The monoisotopic (exact) mass is 476 g/mol. The second-order valence-electron chi connectivity index (χ2n) is 9.49. The number of rotatable bonds is 6. The normalized spacial score (nSPS) is 22.2. The predicted molar refractivity (Wildman–Crippen MR) is 123 cm³/mol. The molecule has 3 heterocycles. The highest BCUT2D eigenvalue weighted by Crippen LogP contribution is 2.39. The number of benzene rings is 1. The van der Waals surface area contributed by atoms with Gasteiger partial charge >= 0.3 is 6.18 Å². The van der Waals surface area contributed by atoms with Crippen LogP contribution in [-0.2, 0) is 6.18 Å². The molecule has 9 heteroatoms. The Hall–Kier alpha value is -2.65. The largest absolute Gasteiger partial charge is 0.492 e. The highest BCUT2D eigenvalue weighted by atomic mass is 19.4. The molecule has 0 aliphatic carbocycles. The van der Waals surface area contributed by atoms with Crippen LogP contribution in [0.3, 0.4) is 0 Å². The molecular formula is C25H31F3N4O2. The molecule has 2 N–H and O–H groups in total. The maximum Gasteiger partial charge on any atom is 0.417 e. The number of alkyl halides is 3. The van der Waals surface area contributed by atoms with Crippen LogP contribution in [0.25, 0.3) is 0 Å². The van der Waals surface area contributed by atoms with Crippen molar-refractivity contribution in [1.82, 2.24) is 14.8 Å². The van der Waals surface area contributed by atoms with Gasteiger partial charge in [-0.2, -0.15) is 13.2 Å². The quantitative estimate of drug-likeness (QED) is 0.680. The number of nitrogens with zero attached hydrogens (tertiary/aromatic N) is 3. The van der Waals surface area contributed by atoms with E-state index < -0.39 is 11.7 Å². The summed E-state index contributed by atoms with van der Waals surface area (Å²) in [6.45, 7) is 9.96. The van der Waals surface area contributed by atoms with Gasteiger partial charge in [0.15, 0.2) is 0 Å². The summed E-state index contributed by atoms with van der Waals surface area (Å²) < 4.78 is 44.2. The zero-order chi connectivity index (χ0) is 24.8. The molecule has 6 nitrogen and oxygen atoms in total. The molecule has 0 radical (unpaired) electrons. The summed E-state index contributed by atoms with van der Waals surface area (Å²) in [4.78, 5) is 20.9. The molecule has 184 valence electrons. The van der Waals surface area contributed by atoms with Crippen LogP contribution in [0.2, 0.25) is 0 Å². The van der Waals surface area contributed by atoms with Gasteiger partial charge in [-0.25, -0.2) is 0 Å². The van der Waals surface area contributed by atoms with Gasteiger partial charge in [0.25, 0.3) is 5.91 Å². The average Bonchev–Trinajstić information content (AvgIpc) is 3.40. The number of piperazine rings is 1. The van der Waals surface area contributed by atoms with Crippen molar-refractivity contribution in [3.05, 3.63) is 58.4 Å². The molecule has 2 aromatic rings. The summed E-state index contributed by atoms with van der Waals surface area (Å²) >= 11 is 0. The molecule has 1 aromatic carbocycles. The summed E-state index contributed by atoms with van der Waals surface area (Å²) in [6, 6.07) is 6.53. The number of hydrogen-bond donors (Lipinski definition) is 1. The number of hydrogen-bond acceptors (Lipinski definition) is 5. The van der Waals surface area contributed by atoms with Crippen molar-refractivity contribution in [2.45, 2.75) is 64.5 Å². The molecular weight excluding hydrogens is 445 g/mol. The van der Waals surface area contributed by atoms with Gasteiger partial charge in [0.05, 0.1) is 5.56 Å². The molecule has 0 spiro atoms. The standard InChI is InChI=1S/C25H31F3N4O2/c1-14(29)13-34-23-8-6-21(15(2)16(23)3)17(4)31-11-20-9-19(31)12-32(20)24(33)22-7-5-18(10-30-22)25(26,27)28/h5-8,10,14,17,19-20H,9,11-13,29H2,1-4H3/t14-,17-,19-,20-/m0/s1. The van der Waals surface area contributed by atoms with Crippen LogP contribution in [0.1, 0.15) is 59.1 Å². The first kappa shape index (κ1) is 24.5. The maximum absolute atomic E-state index is 12.9. The Morgan fingerprint density at radius 3 is 2.44 bits per heavy atom. The highest BCUT2D eigenvalue weighted by Gasteiger charge is 2.47. The Morgan fingerprint density at radius 1 is 1.15 bits per heavy atom. The van der Waals surface area contributed by atoms with Crippen LogP contribution in [0.5, 0.6) is 5.75 Å². The lowest BCUT2D eigenvalue weighted by atomic mass is 9.96. The van der Waals surface area contributed by atoms with E-state index in [1.807, 2.05) is 13.0 Å². The van der Waals surface area contributed by atoms with E-state index in [1.165, 1.54) is 17.2 Å². The number of carbonyl (C=O) groups is 1. The lowest BCUT2D eigenvalue weighted by Gasteiger charge is -2.38. The first-order valence-corrected chi connectivity index (χ1v) is 11.6. The van der Waals surface area contributed by atoms with Crippen molar-refractivity contribution in [3.8, 4) is 5.75 Å². The summed E-state index contributed by atoms with van der Waals surface area (Å²) in [5.41, 5.74) is 8.50. The molecule has 0 saturated carbocycles. The molecule has 2 fully saturated rings. The number of fused-ring (bicyclic) bond motifs is 2. The van der Waals surface area contributed by atoms with Gasteiger partial charge in [-0.05, 0) is 69.0 Å². The molecule has 0 unspecified atom stereocenters. The molecule has 1 aromatic heterocycles. The lowest BCUT2D eigenvalue weighted by molar-refractivity contribution is -0.137.